The third-order valence-corrected chi connectivity index (χ3v) is 3.85. The summed E-state index contributed by atoms with van der Waals surface area (Å²) in [5.74, 6) is -0.445. The first-order valence-electron chi connectivity index (χ1n) is 7.37. The number of carbonyl (C=O) groups is 2. The van der Waals surface area contributed by atoms with Crippen molar-refractivity contribution in [3.63, 3.8) is 0 Å². The minimum Gasteiger partial charge on any atom is -0.489 e. The summed E-state index contributed by atoms with van der Waals surface area (Å²) < 4.78 is 5.74. The minimum atomic E-state index is -0.529. The maximum atomic E-state index is 11.9. The lowest BCUT2D eigenvalue weighted by atomic mass is 10.1. The van der Waals surface area contributed by atoms with Gasteiger partial charge in [0.05, 0.1) is 0 Å². The van der Waals surface area contributed by atoms with E-state index in [9.17, 15) is 9.59 Å². The predicted molar refractivity (Wildman–Crippen MR) is 99.1 cm³/mol. The summed E-state index contributed by atoms with van der Waals surface area (Å²) >= 11 is 10.7. The van der Waals surface area contributed by atoms with Crippen LogP contribution in [0.4, 0.5) is 0 Å². The molecular weight excluding hydrogens is 360 g/mol. The second-order valence-electron chi connectivity index (χ2n) is 5.29. The molecule has 0 aromatic heterocycles. The molecule has 0 radical (unpaired) electrons. The molecule has 2 amide bonds. The van der Waals surface area contributed by atoms with E-state index in [1.54, 1.807) is 30.3 Å². The van der Waals surface area contributed by atoms with Gasteiger partial charge in [0, 0.05) is 5.02 Å². The summed E-state index contributed by atoms with van der Waals surface area (Å²) in [6, 6.07) is 14.5. The van der Waals surface area contributed by atoms with Gasteiger partial charge in [-0.1, -0.05) is 35.9 Å². The number of rotatable bonds is 4. The highest BCUT2D eigenvalue weighted by molar-refractivity contribution is 7.80. The van der Waals surface area contributed by atoms with Crippen molar-refractivity contribution in [3.8, 4) is 5.75 Å². The van der Waals surface area contributed by atoms with E-state index in [2.05, 4.69) is 10.6 Å². The Kier molecular flexibility index (Phi) is 5.11. The van der Waals surface area contributed by atoms with Gasteiger partial charge in [-0.3, -0.25) is 20.2 Å². The van der Waals surface area contributed by atoms with Gasteiger partial charge in [-0.2, -0.15) is 0 Å². The van der Waals surface area contributed by atoms with Crippen LogP contribution in [0.5, 0.6) is 5.75 Å². The van der Waals surface area contributed by atoms with Crippen LogP contribution in [0.1, 0.15) is 11.1 Å². The van der Waals surface area contributed by atoms with Gasteiger partial charge in [0.25, 0.3) is 11.8 Å². The van der Waals surface area contributed by atoms with E-state index < -0.39 is 11.8 Å². The van der Waals surface area contributed by atoms with Crippen LogP contribution in [0.25, 0.3) is 6.08 Å². The summed E-state index contributed by atoms with van der Waals surface area (Å²) in [5, 5.41) is 5.44. The van der Waals surface area contributed by atoms with Crippen molar-refractivity contribution in [1.29, 1.82) is 0 Å². The lowest BCUT2D eigenvalue weighted by molar-refractivity contribution is -0.123. The monoisotopic (exact) mass is 372 g/mol. The quantitative estimate of drug-likeness (QED) is 0.492. The van der Waals surface area contributed by atoms with Gasteiger partial charge < -0.3 is 4.74 Å². The van der Waals surface area contributed by atoms with Gasteiger partial charge in [-0.15, -0.1) is 0 Å². The second kappa shape index (κ2) is 7.46. The molecular formula is C18H13ClN2O3S. The Morgan fingerprint density at radius 2 is 1.76 bits per heavy atom. The van der Waals surface area contributed by atoms with Crippen molar-refractivity contribution in [3.05, 3.63) is 70.3 Å². The number of hydrogen-bond acceptors (Lipinski definition) is 4. The summed E-state index contributed by atoms with van der Waals surface area (Å²) in [6.07, 6.45) is 1.48. The van der Waals surface area contributed by atoms with Crippen molar-refractivity contribution in [2.75, 3.05) is 0 Å². The number of thiocarbonyl (C=S) groups is 1. The van der Waals surface area contributed by atoms with E-state index in [0.29, 0.717) is 22.9 Å². The number of ether oxygens (including phenoxy) is 1. The molecule has 0 atom stereocenters. The Morgan fingerprint density at radius 3 is 2.48 bits per heavy atom. The van der Waals surface area contributed by atoms with Crippen molar-refractivity contribution < 1.29 is 14.3 Å². The minimum absolute atomic E-state index is 0.00533. The number of nitrogens with one attached hydrogen (secondary N) is 2. The summed E-state index contributed by atoms with van der Waals surface area (Å²) in [4.78, 5) is 23.8. The molecule has 0 unspecified atom stereocenters. The average Bonchev–Trinajstić information content (AvgIpc) is 2.57. The Morgan fingerprint density at radius 1 is 1.04 bits per heavy atom. The van der Waals surface area contributed by atoms with Gasteiger partial charge in [-0.05, 0) is 53.7 Å². The number of benzene rings is 2. The van der Waals surface area contributed by atoms with Gasteiger partial charge in [0.2, 0.25) is 0 Å². The number of amides is 2. The van der Waals surface area contributed by atoms with Gasteiger partial charge in [-0.25, -0.2) is 0 Å². The molecule has 0 spiro atoms. The molecule has 126 valence electrons. The van der Waals surface area contributed by atoms with Crippen molar-refractivity contribution >= 4 is 46.8 Å². The van der Waals surface area contributed by atoms with Gasteiger partial charge in [0.1, 0.15) is 17.9 Å². The fraction of sp³-hybridized carbons (Fsp3) is 0.0556. The van der Waals surface area contributed by atoms with Crippen molar-refractivity contribution in [1.82, 2.24) is 10.6 Å². The van der Waals surface area contributed by atoms with E-state index in [1.807, 2.05) is 18.2 Å². The Balaban J connectivity index is 1.75. The Bertz CT molecular complexity index is 873. The molecule has 1 aliphatic heterocycles. The molecule has 0 saturated carbocycles. The molecule has 25 heavy (non-hydrogen) atoms. The largest absolute Gasteiger partial charge is 0.489 e. The van der Waals surface area contributed by atoms with Crippen LogP contribution in [0.3, 0.4) is 0 Å². The van der Waals surface area contributed by atoms with Crippen LogP contribution in [0.15, 0.2) is 54.1 Å². The van der Waals surface area contributed by atoms with Gasteiger partial charge in [0.15, 0.2) is 5.11 Å². The van der Waals surface area contributed by atoms with Crippen LogP contribution < -0.4 is 15.4 Å². The lowest BCUT2D eigenvalue weighted by Crippen LogP contribution is -2.51. The lowest BCUT2D eigenvalue weighted by Gasteiger charge is -2.16. The average molecular weight is 373 g/mol. The predicted octanol–water partition coefficient (Wildman–Crippen LogP) is 2.83. The SMILES string of the molecule is O=C1NC(=S)NC(=O)C1=Cc1cccc(OCc2cccc(Cl)c2)c1. The molecule has 7 heteroatoms. The topological polar surface area (TPSA) is 67.4 Å². The summed E-state index contributed by atoms with van der Waals surface area (Å²) in [7, 11) is 0. The molecule has 3 rings (SSSR count). The molecule has 1 heterocycles. The first-order valence-corrected chi connectivity index (χ1v) is 8.15. The molecule has 2 N–H and O–H groups in total. The highest BCUT2D eigenvalue weighted by Crippen LogP contribution is 2.19. The zero-order valence-corrected chi connectivity index (χ0v) is 14.5. The molecule has 2 aromatic carbocycles. The van der Waals surface area contributed by atoms with E-state index in [1.165, 1.54) is 6.08 Å². The molecule has 0 bridgehead atoms. The van der Waals surface area contributed by atoms with Gasteiger partial charge >= 0.3 is 0 Å². The molecule has 5 nitrogen and oxygen atoms in total. The third-order valence-electron chi connectivity index (χ3n) is 3.41. The standard InChI is InChI=1S/C18H13ClN2O3S/c19-13-5-1-4-12(7-13)10-24-14-6-2-3-11(8-14)9-15-16(22)20-18(25)21-17(15)23/h1-9H,10H2,(H2,20,21,22,23,25). The van der Waals surface area contributed by atoms with E-state index in [-0.39, 0.29) is 10.7 Å². The van der Waals surface area contributed by atoms with Crippen molar-refractivity contribution in [2.45, 2.75) is 6.61 Å². The second-order valence-corrected chi connectivity index (χ2v) is 6.13. The third kappa shape index (κ3) is 4.43. The maximum absolute atomic E-state index is 11.9. The van der Waals surface area contributed by atoms with Crippen LogP contribution >= 0.6 is 23.8 Å². The first-order chi connectivity index (χ1) is 12.0. The maximum Gasteiger partial charge on any atom is 0.263 e. The van der Waals surface area contributed by atoms with E-state index in [0.717, 1.165) is 5.56 Å². The van der Waals surface area contributed by atoms with Crippen LogP contribution in [0.2, 0.25) is 5.02 Å². The molecule has 1 saturated heterocycles. The Labute approximate surface area is 154 Å². The van der Waals surface area contributed by atoms with Crippen LogP contribution in [0, 0.1) is 0 Å². The highest BCUT2D eigenvalue weighted by atomic mass is 35.5. The first kappa shape index (κ1) is 17.1. The molecule has 1 aliphatic rings. The number of halogens is 1. The zero-order valence-electron chi connectivity index (χ0n) is 12.9. The number of carbonyl (C=O) groups excluding carboxylic acids is 2. The fourth-order valence-electron chi connectivity index (χ4n) is 2.26. The van der Waals surface area contributed by atoms with Crippen molar-refractivity contribution in [2.24, 2.45) is 0 Å². The van der Waals surface area contributed by atoms with E-state index >= 15 is 0 Å². The highest BCUT2D eigenvalue weighted by Gasteiger charge is 2.25. The molecule has 1 fully saturated rings. The smallest absolute Gasteiger partial charge is 0.263 e. The zero-order chi connectivity index (χ0) is 17.8. The summed E-state index contributed by atoms with van der Waals surface area (Å²) in [6.45, 7) is 0.357. The number of hydrogen-bond donors (Lipinski definition) is 2. The molecule has 0 aliphatic carbocycles. The van der Waals surface area contributed by atoms with Crippen LogP contribution in [-0.4, -0.2) is 16.9 Å². The normalized spacial score (nSPS) is 14.0. The fourth-order valence-corrected chi connectivity index (χ4v) is 2.66. The summed E-state index contributed by atoms with van der Waals surface area (Å²) in [5.41, 5.74) is 1.59. The van der Waals surface area contributed by atoms with E-state index in [4.69, 9.17) is 28.6 Å². The molecule has 2 aromatic rings. The van der Waals surface area contributed by atoms with Crippen LogP contribution in [-0.2, 0) is 16.2 Å². The Hall–Kier alpha value is -2.70.